The van der Waals surface area contributed by atoms with Gasteiger partial charge in [-0.1, -0.05) is 6.07 Å². The van der Waals surface area contributed by atoms with Crippen molar-refractivity contribution in [3.05, 3.63) is 29.8 Å². The third-order valence-corrected chi connectivity index (χ3v) is 3.66. The molecule has 110 valence electrons. The molecular weight excluding hydrogens is 264 g/mol. The van der Waals surface area contributed by atoms with Crippen molar-refractivity contribution in [2.24, 2.45) is 0 Å². The standard InChI is InChI=1S/C14H19F2N3O/c1-14(2,19-8-6-17-7-9-19)13(20)18-12-10(15)4-3-5-11(12)16/h3-5,17H,6-9H2,1-2H3,(H,18,20). The van der Waals surface area contributed by atoms with E-state index in [1.54, 1.807) is 13.8 Å². The number of hydrogen-bond donors (Lipinski definition) is 2. The lowest BCUT2D eigenvalue weighted by Crippen LogP contribution is -2.58. The summed E-state index contributed by atoms with van der Waals surface area (Å²) in [6.45, 7) is 6.55. The minimum Gasteiger partial charge on any atom is -0.320 e. The lowest BCUT2D eigenvalue weighted by molar-refractivity contribution is -0.126. The highest BCUT2D eigenvalue weighted by atomic mass is 19.1. The number of halogens is 2. The second-order valence-electron chi connectivity index (χ2n) is 5.35. The maximum atomic E-state index is 13.6. The van der Waals surface area contributed by atoms with Gasteiger partial charge >= 0.3 is 0 Å². The molecule has 0 radical (unpaired) electrons. The molecule has 0 atom stereocenters. The van der Waals surface area contributed by atoms with Crippen molar-refractivity contribution < 1.29 is 13.6 Å². The molecule has 0 saturated carbocycles. The number of nitrogens with zero attached hydrogens (tertiary/aromatic N) is 1. The molecule has 0 spiro atoms. The average Bonchev–Trinajstić information content (AvgIpc) is 2.43. The van der Waals surface area contributed by atoms with Gasteiger partial charge in [-0.2, -0.15) is 0 Å². The molecule has 1 amide bonds. The summed E-state index contributed by atoms with van der Waals surface area (Å²) in [5.41, 5.74) is -1.21. The Balaban J connectivity index is 2.14. The fourth-order valence-electron chi connectivity index (χ4n) is 2.25. The quantitative estimate of drug-likeness (QED) is 0.885. The van der Waals surface area contributed by atoms with E-state index in [2.05, 4.69) is 10.6 Å². The number of hydrogen-bond acceptors (Lipinski definition) is 3. The van der Waals surface area contributed by atoms with Gasteiger partial charge in [0, 0.05) is 26.2 Å². The van der Waals surface area contributed by atoms with E-state index < -0.39 is 23.1 Å². The van der Waals surface area contributed by atoms with Gasteiger partial charge in [0.25, 0.3) is 0 Å². The van der Waals surface area contributed by atoms with Gasteiger partial charge in [-0.05, 0) is 26.0 Å². The number of carbonyl (C=O) groups is 1. The first-order valence-corrected chi connectivity index (χ1v) is 6.64. The van der Waals surface area contributed by atoms with Crippen LogP contribution in [0.1, 0.15) is 13.8 Å². The minimum atomic E-state index is -0.823. The van der Waals surface area contributed by atoms with E-state index in [4.69, 9.17) is 0 Å². The number of nitrogens with one attached hydrogen (secondary N) is 2. The number of amides is 1. The Labute approximate surface area is 117 Å². The molecule has 0 aliphatic carbocycles. The van der Waals surface area contributed by atoms with Gasteiger partial charge in [0.1, 0.15) is 17.3 Å². The molecule has 1 fully saturated rings. The van der Waals surface area contributed by atoms with Crippen LogP contribution in [0.3, 0.4) is 0 Å². The Bertz CT molecular complexity index is 479. The molecule has 1 heterocycles. The van der Waals surface area contributed by atoms with E-state index in [0.717, 1.165) is 38.3 Å². The highest BCUT2D eigenvalue weighted by Gasteiger charge is 2.35. The molecule has 0 aromatic heterocycles. The second-order valence-corrected chi connectivity index (χ2v) is 5.35. The monoisotopic (exact) mass is 283 g/mol. The zero-order chi connectivity index (χ0) is 14.8. The molecule has 20 heavy (non-hydrogen) atoms. The maximum Gasteiger partial charge on any atom is 0.244 e. The third-order valence-electron chi connectivity index (χ3n) is 3.66. The predicted octanol–water partition coefficient (Wildman–Crippen LogP) is 1.59. The molecule has 2 rings (SSSR count). The summed E-state index contributed by atoms with van der Waals surface area (Å²) in [5, 5.41) is 5.57. The van der Waals surface area contributed by atoms with Crippen molar-refractivity contribution in [3.8, 4) is 0 Å². The second kappa shape index (κ2) is 5.85. The fraction of sp³-hybridized carbons (Fsp3) is 0.500. The minimum absolute atomic E-state index is 0.388. The summed E-state index contributed by atoms with van der Waals surface area (Å²) < 4.78 is 27.1. The van der Waals surface area contributed by atoms with E-state index in [1.165, 1.54) is 6.07 Å². The summed E-state index contributed by atoms with van der Waals surface area (Å²) in [5.74, 6) is -1.95. The number of rotatable bonds is 3. The first-order valence-electron chi connectivity index (χ1n) is 6.64. The largest absolute Gasteiger partial charge is 0.320 e. The number of piperazine rings is 1. The van der Waals surface area contributed by atoms with Gasteiger partial charge in [0.2, 0.25) is 5.91 Å². The number of carbonyl (C=O) groups excluding carboxylic acids is 1. The van der Waals surface area contributed by atoms with Gasteiger partial charge in [0.15, 0.2) is 0 Å². The van der Waals surface area contributed by atoms with Gasteiger partial charge < -0.3 is 10.6 Å². The maximum absolute atomic E-state index is 13.6. The average molecular weight is 283 g/mol. The normalized spacial score (nSPS) is 17.0. The zero-order valence-corrected chi connectivity index (χ0v) is 11.7. The Morgan fingerprint density at radius 2 is 1.80 bits per heavy atom. The number of para-hydroxylation sites is 1. The number of anilines is 1. The van der Waals surface area contributed by atoms with Gasteiger partial charge in [-0.15, -0.1) is 0 Å². The molecule has 4 nitrogen and oxygen atoms in total. The summed E-state index contributed by atoms with van der Waals surface area (Å²) in [4.78, 5) is 14.3. The highest BCUT2D eigenvalue weighted by molar-refractivity contribution is 5.97. The topological polar surface area (TPSA) is 44.4 Å². The van der Waals surface area contributed by atoms with Crippen molar-refractivity contribution in [3.63, 3.8) is 0 Å². The lowest BCUT2D eigenvalue weighted by Gasteiger charge is -2.39. The van der Waals surface area contributed by atoms with Crippen LogP contribution in [0.5, 0.6) is 0 Å². The summed E-state index contributed by atoms with van der Waals surface area (Å²) in [6, 6.07) is 3.51. The molecule has 2 N–H and O–H groups in total. The SMILES string of the molecule is CC(C)(C(=O)Nc1c(F)cccc1F)N1CCNCC1. The van der Waals surface area contributed by atoms with E-state index in [0.29, 0.717) is 0 Å². The van der Waals surface area contributed by atoms with E-state index >= 15 is 0 Å². The van der Waals surface area contributed by atoms with Gasteiger partial charge in [-0.3, -0.25) is 9.69 Å². The fourth-order valence-corrected chi connectivity index (χ4v) is 2.25. The van der Waals surface area contributed by atoms with Gasteiger partial charge in [-0.25, -0.2) is 8.78 Å². The van der Waals surface area contributed by atoms with Crippen molar-refractivity contribution in [1.82, 2.24) is 10.2 Å². The number of benzene rings is 1. The summed E-state index contributed by atoms with van der Waals surface area (Å²) in [7, 11) is 0. The van der Waals surface area contributed by atoms with Crippen LogP contribution in [-0.2, 0) is 4.79 Å². The van der Waals surface area contributed by atoms with Crippen molar-refractivity contribution >= 4 is 11.6 Å². The van der Waals surface area contributed by atoms with Crippen LogP contribution in [0.25, 0.3) is 0 Å². The Morgan fingerprint density at radius 3 is 2.35 bits per heavy atom. The Hall–Kier alpha value is -1.53. The van der Waals surface area contributed by atoms with Gasteiger partial charge in [0.05, 0.1) is 5.54 Å². The smallest absolute Gasteiger partial charge is 0.244 e. The molecular formula is C14H19F2N3O. The molecule has 1 aromatic carbocycles. The molecule has 1 aliphatic rings. The van der Waals surface area contributed by atoms with Crippen LogP contribution in [0.15, 0.2) is 18.2 Å². The molecule has 0 bridgehead atoms. The molecule has 0 unspecified atom stereocenters. The highest BCUT2D eigenvalue weighted by Crippen LogP contribution is 2.22. The van der Waals surface area contributed by atoms with Crippen LogP contribution < -0.4 is 10.6 Å². The van der Waals surface area contributed by atoms with Crippen LogP contribution in [-0.4, -0.2) is 42.5 Å². The molecule has 1 aromatic rings. The van der Waals surface area contributed by atoms with Crippen molar-refractivity contribution in [2.45, 2.75) is 19.4 Å². The predicted molar refractivity (Wildman–Crippen MR) is 73.5 cm³/mol. The first-order chi connectivity index (χ1) is 9.43. The van der Waals surface area contributed by atoms with Crippen molar-refractivity contribution in [1.29, 1.82) is 0 Å². The van der Waals surface area contributed by atoms with E-state index in [1.807, 2.05) is 4.90 Å². The first kappa shape index (κ1) is 14.9. The summed E-state index contributed by atoms with van der Waals surface area (Å²) >= 11 is 0. The van der Waals surface area contributed by atoms with Crippen LogP contribution in [0.2, 0.25) is 0 Å². The molecule has 6 heteroatoms. The lowest BCUT2D eigenvalue weighted by atomic mass is 10.00. The zero-order valence-electron chi connectivity index (χ0n) is 11.7. The van der Waals surface area contributed by atoms with E-state index in [-0.39, 0.29) is 5.69 Å². The molecule has 1 aliphatic heterocycles. The van der Waals surface area contributed by atoms with Crippen LogP contribution in [0, 0.1) is 11.6 Å². The van der Waals surface area contributed by atoms with Crippen molar-refractivity contribution in [2.75, 3.05) is 31.5 Å². The van der Waals surface area contributed by atoms with Crippen LogP contribution >= 0.6 is 0 Å². The Kier molecular flexibility index (Phi) is 4.35. The molecule has 1 saturated heterocycles. The van der Waals surface area contributed by atoms with E-state index in [9.17, 15) is 13.6 Å². The Morgan fingerprint density at radius 1 is 1.25 bits per heavy atom. The summed E-state index contributed by atoms with van der Waals surface area (Å²) in [6.07, 6.45) is 0. The van der Waals surface area contributed by atoms with Crippen LogP contribution in [0.4, 0.5) is 14.5 Å². The third kappa shape index (κ3) is 2.96.